The third-order valence-corrected chi connectivity index (χ3v) is 3.89. The molecule has 4 nitrogen and oxygen atoms in total. The molecule has 1 aliphatic rings. The predicted octanol–water partition coefficient (Wildman–Crippen LogP) is 2.28. The third kappa shape index (κ3) is 4.05. The number of rotatable bonds is 6. The van der Waals surface area contributed by atoms with E-state index in [1.54, 1.807) is 7.11 Å². The number of methoxy groups -OCH3 is 1. The zero-order valence-corrected chi connectivity index (χ0v) is 12.1. The van der Waals surface area contributed by atoms with Crippen LogP contribution in [0.1, 0.15) is 49.3 Å². The second-order valence-corrected chi connectivity index (χ2v) is 5.52. The zero-order chi connectivity index (χ0) is 14.4. The van der Waals surface area contributed by atoms with E-state index in [1.165, 1.54) is 19.3 Å². The van der Waals surface area contributed by atoms with E-state index in [0.29, 0.717) is 12.6 Å². The first-order valence-electron chi connectivity index (χ1n) is 7.34. The van der Waals surface area contributed by atoms with E-state index in [-0.39, 0.29) is 5.91 Å². The van der Waals surface area contributed by atoms with Gasteiger partial charge in [-0.25, -0.2) is 0 Å². The van der Waals surface area contributed by atoms with Crippen molar-refractivity contribution < 1.29 is 9.53 Å². The van der Waals surface area contributed by atoms with Gasteiger partial charge < -0.3 is 10.5 Å². The average molecular weight is 276 g/mol. The van der Waals surface area contributed by atoms with E-state index in [4.69, 9.17) is 10.5 Å². The number of primary amides is 1. The fourth-order valence-electron chi connectivity index (χ4n) is 2.88. The number of carbonyl (C=O) groups is 1. The molecule has 1 atom stereocenters. The second kappa shape index (κ2) is 7.41. The summed E-state index contributed by atoms with van der Waals surface area (Å²) in [5, 5.41) is 3.43. The largest absolute Gasteiger partial charge is 0.380 e. The minimum absolute atomic E-state index is 0.315. The van der Waals surface area contributed by atoms with Gasteiger partial charge in [0.05, 0.1) is 6.61 Å². The topological polar surface area (TPSA) is 64.3 Å². The number of amides is 1. The molecule has 0 spiro atoms. The maximum Gasteiger partial charge on any atom is 0.239 e. The summed E-state index contributed by atoms with van der Waals surface area (Å²) in [5.41, 5.74) is 7.56. The van der Waals surface area contributed by atoms with Gasteiger partial charge in [0.1, 0.15) is 6.04 Å². The summed E-state index contributed by atoms with van der Waals surface area (Å²) in [4.78, 5) is 11.8. The molecule has 0 aliphatic heterocycles. The molecule has 1 unspecified atom stereocenters. The van der Waals surface area contributed by atoms with Crippen LogP contribution in [0.3, 0.4) is 0 Å². The Morgan fingerprint density at radius 2 is 2.15 bits per heavy atom. The van der Waals surface area contributed by atoms with E-state index in [1.807, 2.05) is 24.3 Å². The van der Waals surface area contributed by atoms with Gasteiger partial charge in [0.15, 0.2) is 0 Å². The molecule has 110 valence electrons. The number of benzene rings is 1. The summed E-state index contributed by atoms with van der Waals surface area (Å²) >= 11 is 0. The Balaban J connectivity index is 2.10. The van der Waals surface area contributed by atoms with Crippen LogP contribution in [0.25, 0.3) is 0 Å². The highest BCUT2D eigenvalue weighted by Gasteiger charge is 2.23. The zero-order valence-electron chi connectivity index (χ0n) is 12.1. The van der Waals surface area contributed by atoms with Crippen molar-refractivity contribution >= 4 is 5.91 Å². The lowest BCUT2D eigenvalue weighted by Gasteiger charge is -2.27. The Bertz CT molecular complexity index is 442. The second-order valence-electron chi connectivity index (χ2n) is 5.52. The Labute approximate surface area is 120 Å². The van der Waals surface area contributed by atoms with Crippen molar-refractivity contribution in [3.63, 3.8) is 0 Å². The number of nitrogens with one attached hydrogen (secondary N) is 1. The summed E-state index contributed by atoms with van der Waals surface area (Å²) in [5.74, 6) is -0.315. The highest BCUT2D eigenvalue weighted by molar-refractivity contribution is 5.81. The Morgan fingerprint density at radius 1 is 1.40 bits per heavy atom. The smallest absolute Gasteiger partial charge is 0.239 e. The van der Waals surface area contributed by atoms with E-state index in [9.17, 15) is 4.79 Å². The van der Waals surface area contributed by atoms with Crippen molar-refractivity contribution in [1.82, 2.24) is 5.32 Å². The van der Waals surface area contributed by atoms with E-state index in [2.05, 4.69) is 5.32 Å². The molecule has 2 rings (SSSR count). The summed E-state index contributed by atoms with van der Waals surface area (Å²) in [7, 11) is 1.67. The third-order valence-electron chi connectivity index (χ3n) is 3.89. The molecule has 0 bridgehead atoms. The van der Waals surface area contributed by atoms with Gasteiger partial charge in [-0.3, -0.25) is 10.1 Å². The molecular formula is C16H24N2O2. The Kier molecular flexibility index (Phi) is 5.56. The van der Waals surface area contributed by atoms with Gasteiger partial charge in [0.2, 0.25) is 5.91 Å². The average Bonchev–Trinajstić information content (AvgIpc) is 2.46. The fraction of sp³-hybridized carbons (Fsp3) is 0.562. The number of ether oxygens (including phenoxy) is 1. The van der Waals surface area contributed by atoms with Gasteiger partial charge in [0, 0.05) is 13.2 Å². The quantitative estimate of drug-likeness (QED) is 0.838. The van der Waals surface area contributed by atoms with Crippen molar-refractivity contribution in [2.24, 2.45) is 5.73 Å². The van der Waals surface area contributed by atoms with Crippen molar-refractivity contribution in [2.45, 2.75) is 50.8 Å². The normalized spacial score (nSPS) is 17.9. The lowest BCUT2D eigenvalue weighted by Crippen LogP contribution is -2.41. The highest BCUT2D eigenvalue weighted by atomic mass is 16.5. The van der Waals surface area contributed by atoms with Crippen LogP contribution in [0, 0.1) is 0 Å². The van der Waals surface area contributed by atoms with Gasteiger partial charge in [-0.2, -0.15) is 0 Å². The first-order valence-corrected chi connectivity index (χ1v) is 7.34. The number of hydrogen-bond acceptors (Lipinski definition) is 3. The minimum atomic E-state index is -0.407. The van der Waals surface area contributed by atoms with Crippen molar-refractivity contribution in [2.75, 3.05) is 7.11 Å². The predicted molar refractivity (Wildman–Crippen MR) is 79.1 cm³/mol. The molecule has 0 radical (unpaired) electrons. The van der Waals surface area contributed by atoms with Gasteiger partial charge >= 0.3 is 0 Å². The van der Waals surface area contributed by atoms with Crippen molar-refractivity contribution in [1.29, 1.82) is 0 Å². The monoisotopic (exact) mass is 276 g/mol. The maximum absolute atomic E-state index is 11.8. The molecule has 0 heterocycles. The number of nitrogens with two attached hydrogens (primary N) is 1. The molecule has 0 aromatic heterocycles. The summed E-state index contributed by atoms with van der Waals surface area (Å²) in [6, 6.07) is 7.87. The van der Waals surface area contributed by atoms with Crippen LogP contribution in [0.2, 0.25) is 0 Å². The van der Waals surface area contributed by atoms with E-state index >= 15 is 0 Å². The van der Waals surface area contributed by atoms with Crippen LogP contribution in [0.5, 0.6) is 0 Å². The van der Waals surface area contributed by atoms with Gasteiger partial charge in [-0.05, 0) is 24.0 Å². The fourth-order valence-corrected chi connectivity index (χ4v) is 2.88. The van der Waals surface area contributed by atoms with Crippen molar-refractivity contribution in [3.8, 4) is 0 Å². The lowest BCUT2D eigenvalue weighted by molar-refractivity contribution is -0.120. The van der Waals surface area contributed by atoms with Crippen LogP contribution >= 0.6 is 0 Å². The first-order chi connectivity index (χ1) is 9.70. The molecule has 1 saturated carbocycles. The maximum atomic E-state index is 11.8. The molecule has 1 fully saturated rings. The molecular weight excluding hydrogens is 252 g/mol. The highest BCUT2D eigenvalue weighted by Crippen LogP contribution is 2.22. The van der Waals surface area contributed by atoms with Gasteiger partial charge in [0.25, 0.3) is 0 Å². The molecule has 0 saturated heterocycles. The van der Waals surface area contributed by atoms with Crippen LogP contribution in [0.4, 0.5) is 0 Å². The molecule has 1 aromatic rings. The van der Waals surface area contributed by atoms with Gasteiger partial charge in [-0.1, -0.05) is 43.5 Å². The molecule has 1 aromatic carbocycles. The number of carbonyl (C=O) groups excluding carboxylic acids is 1. The van der Waals surface area contributed by atoms with Crippen LogP contribution < -0.4 is 11.1 Å². The SMILES string of the molecule is COCc1cccc(C(NC2CCCCC2)C(N)=O)c1. The van der Waals surface area contributed by atoms with Crippen molar-refractivity contribution in [3.05, 3.63) is 35.4 Å². The minimum Gasteiger partial charge on any atom is -0.380 e. The Morgan fingerprint density at radius 3 is 2.80 bits per heavy atom. The van der Waals surface area contributed by atoms with Gasteiger partial charge in [-0.15, -0.1) is 0 Å². The van der Waals surface area contributed by atoms with Crippen LogP contribution in [-0.2, 0) is 16.1 Å². The molecule has 1 amide bonds. The lowest BCUT2D eigenvalue weighted by atomic mass is 9.93. The van der Waals surface area contributed by atoms with E-state index in [0.717, 1.165) is 24.0 Å². The Hall–Kier alpha value is -1.39. The summed E-state index contributed by atoms with van der Waals surface area (Å²) < 4.78 is 5.14. The molecule has 1 aliphatic carbocycles. The summed E-state index contributed by atoms with van der Waals surface area (Å²) in [6.07, 6.45) is 6.01. The summed E-state index contributed by atoms with van der Waals surface area (Å²) in [6.45, 7) is 0.544. The first kappa shape index (κ1) is 15.0. The molecule has 4 heteroatoms. The number of hydrogen-bond donors (Lipinski definition) is 2. The molecule has 3 N–H and O–H groups in total. The van der Waals surface area contributed by atoms with Crippen LogP contribution in [-0.4, -0.2) is 19.1 Å². The standard InChI is InChI=1S/C16H24N2O2/c1-20-11-12-6-5-7-13(10-12)15(16(17)19)18-14-8-3-2-4-9-14/h5-7,10,14-15,18H,2-4,8-9,11H2,1H3,(H2,17,19). The van der Waals surface area contributed by atoms with Crippen LogP contribution in [0.15, 0.2) is 24.3 Å². The van der Waals surface area contributed by atoms with E-state index < -0.39 is 6.04 Å². The molecule has 20 heavy (non-hydrogen) atoms.